The molecule has 1 atom stereocenters. The Kier molecular flexibility index (Phi) is 6.15. The fraction of sp³-hybridized carbons (Fsp3) is 0.0714. The number of hydrogen-bond donors (Lipinski definition) is 1. The number of carbonyl (C=O) groups is 1. The maximum absolute atomic E-state index is 12.5. The summed E-state index contributed by atoms with van der Waals surface area (Å²) in [6.07, 6.45) is 1.55. The molecule has 0 saturated carbocycles. The van der Waals surface area contributed by atoms with Crippen molar-refractivity contribution in [1.29, 1.82) is 0 Å². The van der Waals surface area contributed by atoms with Crippen molar-refractivity contribution in [3.8, 4) is 5.75 Å². The molecule has 5 rings (SSSR count). The Morgan fingerprint density at radius 3 is 2.42 bits per heavy atom. The van der Waals surface area contributed by atoms with Crippen molar-refractivity contribution in [2.45, 2.75) is 12.8 Å². The molecule has 8 heteroatoms. The monoisotopic (exact) mass is 479 g/mol. The summed E-state index contributed by atoms with van der Waals surface area (Å²) in [5.74, 6) is -0.287. The van der Waals surface area contributed by atoms with Crippen LogP contribution < -0.4 is 10.2 Å². The van der Waals surface area contributed by atoms with Crippen molar-refractivity contribution in [2.24, 2.45) is 5.10 Å². The maximum atomic E-state index is 12.5. The zero-order chi connectivity index (χ0) is 25.1. The molecular weight excluding hydrogens is 458 g/mol. The lowest BCUT2D eigenvalue weighted by atomic mass is 9.81. The van der Waals surface area contributed by atoms with Gasteiger partial charge in [-0.25, -0.2) is 5.43 Å². The predicted molar refractivity (Wildman–Crippen MR) is 135 cm³/mol. The van der Waals surface area contributed by atoms with E-state index in [1.165, 1.54) is 6.07 Å². The van der Waals surface area contributed by atoms with Gasteiger partial charge in [-0.2, -0.15) is 5.10 Å². The highest BCUT2D eigenvalue weighted by Crippen LogP contribution is 2.45. The van der Waals surface area contributed by atoms with Gasteiger partial charge >= 0.3 is 11.8 Å². The molecule has 36 heavy (non-hydrogen) atoms. The molecule has 0 bridgehead atoms. The quantitative estimate of drug-likeness (QED) is 0.212. The lowest BCUT2D eigenvalue weighted by molar-refractivity contribution is -0.402. The Labute approximate surface area is 206 Å². The summed E-state index contributed by atoms with van der Waals surface area (Å²) in [6.45, 7) is 2.03. The molecule has 0 fully saturated rings. The molecule has 1 aliphatic rings. The summed E-state index contributed by atoms with van der Waals surface area (Å²) in [7, 11) is 0. The second-order valence-electron chi connectivity index (χ2n) is 8.23. The van der Waals surface area contributed by atoms with Crippen LogP contribution in [0, 0.1) is 17.0 Å². The van der Waals surface area contributed by atoms with E-state index >= 15 is 0 Å². The molecule has 1 aromatic heterocycles. The van der Waals surface area contributed by atoms with Crippen LogP contribution in [-0.4, -0.2) is 17.0 Å². The molecule has 178 valence electrons. The van der Waals surface area contributed by atoms with E-state index < -0.39 is 16.7 Å². The van der Waals surface area contributed by atoms with Gasteiger partial charge in [0.2, 0.25) is 5.76 Å². The second kappa shape index (κ2) is 9.71. The van der Waals surface area contributed by atoms with Crippen LogP contribution in [0.2, 0.25) is 0 Å². The third kappa shape index (κ3) is 4.52. The van der Waals surface area contributed by atoms with Gasteiger partial charge in [0, 0.05) is 22.6 Å². The minimum Gasteiger partial charge on any atom is -0.456 e. The minimum atomic E-state index is -0.708. The van der Waals surface area contributed by atoms with Gasteiger partial charge in [-0.1, -0.05) is 78.4 Å². The molecule has 0 saturated heterocycles. The average molecular weight is 479 g/mol. The van der Waals surface area contributed by atoms with Crippen molar-refractivity contribution >= 4 is 23.8 Å². The number of ether oxygens (including phenoxy) is 1. The number of nitrogens with one attached hydrogen (secondary N) is 1. The number of rotatable bonds is 6. The number of nitro groups is 1. The molecule has 4 aromatic rings. The van der Waals surface area contributed by atoms with Gasteiger partial charge in [0.25, 0.3) is 0 Å². The second-order valence-corrected chi connectivity index (χ2v) is 8.23. The summed E-state index contributed by atoms with van der Waals surface area (Å²) in [4.78, 5) is 22.6. The highest BCUT2D eigenvalue weighted by Gasteiger charge is 2.31. The Morgan fingerprint density at radius 1 is 0.972 bits per heavy atom. The van der Waals surface area contributed by atoms with E-state index in [0.29, 0.717) is 5.76 Å². The van der Waals surface area contributed by atoms with Crippen molar-refractivity contribution in [3.63, 3.8) is 0 Å². The number of carbonyl (C=O) groups excluding carboxylic acids is 1. The van der Waals surface area contributed by atoms with Crippen LogP contribution in [0.1, 0.15) is 38.7 Å². The lowest BCUT2D eigenvalue weighted by Gasteiger charge is -2.30. The fourth-order valence-electron chi connectivity index (χ4n) is 4.11. The third-order valence-corrected chi connectivity index (χ3v) is 5.83. The number of allylic oxidation sites excluding steroid dienone is 1. The van der Waals surface area contributed by atoms with E-state index in [9.17, 15) is 14.9 Å². The first-order chi connectivity index (χ1) is 17.5. The summed E-state index contributed by atoms with van der Waals surface area (Å²) >= 11 is 0. The van der Waals surface area contributed by atoms with E-state index in [1.54, 1.807) is 6.21 Å². The van der Waals surface area contributed by atoms with Gasteiger partial charge in [0.15, 0.2) is 0 Å². The van der Waals surface area contributed by atoms with Crippen LogP contribution in [0.25, 0.3) is 5.76 Å². The van der Waals surface area contributed by atoms with Crippen LogP contribution in [0.15, 0.2) is 106 Å². The fourth-order valence-corrected chi connectivity index (χ4v) is 4.11. The molecule has 1 amide bonds. The van der Waals surface area contributed by atoms with Gasteiger partial charge in [-0.3, -0.25) is 14.9 Å². The molecule has 8 nitrogen and oxygen atoms in total. The summed E-state index contributed by atoms with van der Waals surface area (Å²) in [5.41, 5.74) is 7.15. The Bertz CT molecular complexity index is 1490. The number of aryl methyl sites for hydroxylation is 1. The molecule has 1 aliphatic heterocycles. The number of para-hydroxylation sites is 1. The van der Waals surface area contributed by atoms with Crippen LogP contribution >= 0.6 is 0 Å². The Morgan fingerprint density at radius 2 is 1.69 bits per heavy atom. The Hall–Kier alpha value is -4.98. The summed E-state index contributed by atoms with van der Waals surface area (Å²) < 4.78 is 11.3. The zero-order valence-corrected chi connectivity index (χ0v) is 19.3. The van der Waals surface area contributed by atoms with Crippen LogP contribution in [0.3, 0.4) is 0 Å². The minimum absolute atomic E-state index is 0.212. The smallest absolute Gasteiger partial charge is 0.433 e. The molecule has 1 unspecified atom stereocenters. The summed E-state index contributed by atoms with van der Waals surface area (Å²) in [5, 5.41) is 15.0. The molecule has 1 N–H and O–H groups in total. The largest absolute Gasteiger partial charge is 0.456 e. The highest BCUT2D eigenvalue weighted by atomic mass is 16.6. The van der Waals surface area contributed by atoms with Gasteiger partial charge in [-0.05, 0) is 24.6 Å². The SMILES string of the molecule is Cc1ccc(C2C(C=NNC(=O)c3ccc([N+](=O)[O-])o3)=C(c3ccccc3)Oc3ccccc32)cc1. The first kappa shape index (κ1) is 22.8. The van der Waals surface area contributed by atoms with E-state index in [0.717, 1.165) is 39.6 Å². The zero-order valence-electron chi connectivity index (χ0n) is 19.3. The molecule has 0 spiro atoms. The van der Waals surface area contributed by atoms with Gasteiger partial charge in [-0.15, -0.1) is 0 Å². The standard InChI is InChI=1S/C28H21N3O5/c1-18-11-13-19(14-12-18)26-21-9-5-6-10-23(21)36-27(20-7-3-2-4-8-20)22(26)17-29-30-28(32)24-15-16-25(35-24)31(33)34/h2-17,26H,1H3,(H,30,32). The van der Waals surface area contributed by atoms with Crippen molar-refractivity contribution in [2.75, 3.05) is 0 Å². The molecule has 3 aromatic carbocycles. The van der Waals surface area contributed by atoms with E-state index in [1.807, 2.05) is 61.5 Å². The third-order valence-electron chi connectivity index (χ3n) is 5.83. The number of fused-ring (bicyclic) bond motifs is 1. The Balaban J connectivity index is 1.57. The van der Waals surface area contributed by atoms with Crippen molar-refractivity contribution in [3.05, 3.63) is 135 Å². The molecule has 0 aliphatic carbocycles. The van der Waals surface area contributed by atoms with Gasteiger partial charge < -0.3 is 9.15 Å². The predicted octanol–water partition coefficient (Wildman–Crippen LogP) is 5.85. The first-order valence-electron chi connectivity index (χ1n) is 11.2. The van der Waals surface area contributed by atoms with Crippen LogP contribution in [0.4, 0.5) is 5.88 Å². The number of amides is 1. The maximum Gasteiger partial charge on any atom is 0.433 e. The average Bonchev–Trinajstić information content (AvgIpc) is 3.40. The van der Waals surface area contributed by atoms with Gasteiger partial charge in [0.05, 0.1) is 12.3 Å². The van der Waals surface area contributed by atoms with E-state index in [2.05, 4.69) is 34.8 Å². The normalized spacial score (nSPS) is 14.9. The molecule has 0 radical (unpaired) electrons. The van der Waals surface area contributed by atoms with Crippen LogP contribution in [-0.2, 0) is 0 Å². The summed E-state index contributed by atoms with van der Waals surface area (Å²) in [6, 6.07) is 28.1. The lowest BCUT2D eigenvalue weighted by Crippen LogP contribution is -2.20. The number of furan rings is 1. The molecular formula is C28H21N3O5. The highest BCUT2D eigenvalue weighted by molar-refractivity contribution is 5.96. The van der Waals surface area contributed by atoms with Crippen molar-refractivity contribution < 1.29 is 18.9 Å². The van der Waals surface area contributed by atoms with E-state index in [-0.39, 0.29) is 11.7 Å². The van der Waals surface area contributed by atoms with Crippen molar-refractivity contribution in [1.82, 2.24) is 5.43 Å². The number of hydrogen-bond acceptors (Lipinski definition) is 6. The first-order valence-corrected chi connectivity index (χ1v) is 11.2. The number of hydrazone groups is 1. The number of nitrogens with zero attached hydrogens (tertiary/aromatic N) is 2. The number of benzene rings is 3. The topological polar surface area (TPSA) is 107 Å². The van der Waals surface area contributed by atoms with E-state index in [4.69, 9.17) is 9.15 Å². The molecule has 2 heterocycles. The van der Waals surface area contributed by atoms with Crippen LogP contribution in [0.5, 0.6) is 5.75 Å². The van der Waals surface area contributed by atoms with Gasteiger partial charge in [0.1, 0.15) is 16.4 Å².